The van der Waals surface area contributed by atoms with E-state index in [1.807, 2.05) is 19.2 Å². The van der Waals surface area contributed by atoms with Gasteiger partial charge < -0.3 is 5.32 Å². The molecule has 0 radical (unpaired) electrons. The van der Waals surface area contributed by atoms with Crippen molar-refractivity contribution < 1.29 is 4.39 Å². The fraction of sp³-hybridized carbons (Fsp3) is 0.125. The molecule has 0 saturated carbocycles. The summed E-state index contributed by atoms with van der Waals surface area (Å²) >= 11 is 1.74. The van der Waals surface area contributed by atoms with Crippen LogP contribution in [0.3, 0.4) is 0 Å². The van der Waals surface area contributed by atoms with E-state index < -0.39 is 0 Å². The molecule has 0 spiro atoms. The lowest BCUT2D eigenvalue weighted by Gasteiger charge is -2.18. The van der Waals surface area contributed by atoms with Gasteiger partial charge in [0.2, 0.25) is 0 Å². The summed E-state index contributed by atoms with van der Waals surface area (Å²) in [4.78, 5) is 0. The van der Waals surface area contributed by atoms with E-state index in [1.54, 1.807) is 11.3 Å². The Kier molecular flexibility index (Phi) is 3.32. The maximum Gasteiger partial charge on any atom is 0.123 e. The largest absolute Gasteiger partial charge is 0.309 e. The van der Waals surface area contributed by atoms with Crippen molar-refractivity contribution in [2.24, 2.45) is 0 Å². The van der Waals surface area contributed by atoms with Crippen molar-refractivity contribution in [1.29, 1.82) is 0 Å². The van der Waals surface area contributed by atoms with Gasteiger partial charge in [-0.1, -0.05) is 30.3 Å². The number of benzene rings is 2. The molecule has 3 aromatic rings. The number of hydrogen-bond donors (Lipinski definition) is 1. The highest BCUT2D eigenvalue weighted by molar-refractivity contribution is 7.17. The highest BCUT2D eigenvalue weighted by atomic mass is 32.1. The quantitative estimate of drug-likeness (QED) is 0.746. The molecule has 1 nitrogen and oxygen atoms in total. The Labute approximate surface area is 115 Å². The summed E-state index contributed by atoms with van der Waals surface area (Å²) in [6.45, 7) is 0. The number of rotatable bonds is 3. The molecule has 1 heterocycles. The van der Waals surface area contributed by atoms with Gasteiger partial charge in [0.1, 0.15) is 5.82 Å². The van der Waals surface area contributed by atoms with E-state index in [4.69, 9.17) is 0 Å². The number of nitrogens with one attached hydrogen (secondary N) is 1. The molecule has 0 aliphatic rings. The Morgan fingerprint density at radius 3 is 2.58 bits per heavy atom. The Hall–Kier alpha value is -1.71. The van der Waals surface area contributed by atoms with E-state index in [0.29, 0.717) is 0 Å². The average Bonchev–Trinajstić information content (AvgIpc) is 2.91. The van der Waals surface area contributed by atoms with Crippen molar-refractivity contribution in [1.82, 2.24) is 5.32 Å². The Morgan fingerprint density at radius 1 is 1.05 bits per heavy atom. The third kappa shape index (κ3) is 2.27. The summed E-state index contributed by atoms with van der Waals surface area (Å²) in [5.41, 5.74) is 2.31. The van der Waals surface area contributed by atoms with Crippen LogP contribution in [0.2, 0.25) is 0 Å². The van der Waals surface area contributed by atoms with Crippen molar-refractivity contribution in [3.05, 3.63) is 70.9 Å². The van der Waals surface area contributed by atoms with Gasteiger partial charge in [0.15, 0.2) is 0 Å². The summed E-state index contributed by atoms with van der Waals surface area (Å²) in [5, 5.41) is 6.68. The topological polar surface area (TPSA) is 12.0 Å². The van der Waals surface area contributed by atoms with E-state index in [2.05, 4.69) is 35.0 Å². The minimum atomic E-state index is -0.201. The van der Waals surface area contributed by atoms with Gasteiger partial charge in [-0.3, -0.25) is 0 Å². The van der Waals surface area contributed by atoms with Gasteiger partial charge in [-0.15, -0.1) is 11.3 Å². The van der Waals surface area contributed by atoms with Crippen molar-refractivity contribution in [3.63, 3.8) is 0 Å². The number of halogens is 1. The molecule has 1 aromatic heterocycles. The van der Waals surface area contributed by atoms with Crippen LogP contribution in [0.4, 0.5) is 4.39 Å². The van der Waals surface area contributed by atoms with E-state index in [0.717, 1.165) is 5.56 Å². The maximum absolute atomic E-state index is 13.0. The maximum atomic E-state index is 13.0. The van der Waals surface area contributed by atoms with Crippen LogP contribution in [0.5, 0.6) is 0 Å². The van der Waals surface area contributed by atoms with Gasteiger partial charge in [0.05, 0.1) is 6.04 Å². The normalized spacial score (nSPS) is 12.7. The number of fused-ring (bicyclic) bond motifs is 1. The molecular formula is C16H14FNS. The SMILES string of the molecule is CNC(c1ccc(F)cc1)c1cccc2ccsc12. The molecule has 0 fully saturated rings. The monoisotopic (exact) mass is 271 g/mol. The van der Waals surface area contributed by atoms with E-state index in [-0.39, 0.29) is 11.9 Å². The zero-order chi connectivity index (χ0) is 13.2. The van der Waals surface area contributed by atoms with Crippen LogP contribution in [0, 0.1) is 5.82 Å². The molecule has 0 amide bonds. The first-order valence-electron chi connectivity index (χ1n) is 6.18. The smallest absolute Gasteiger partial charge is 0.123 e. The number of hydrogen-bond acceptors (Lipinski definition) is 2. The Bertz CT molecular complexity index is 687. The van der Waals surface area contributed by atoms with E-state index in [1.165, 1.54) is 27.8 Å². The van der Waals surface area contributed by atoms with Crippen LogP contribution in [-0.2, 0) is 0 Å². The minimum Gasteiger partial charge on any atom is -0.309 e. The summed E-state index contributed by atoms with van der Waals surface area (Å²) in [7, 11) is 1.93. The molecule has 3 rings (SSSR count). The fourth-order valence-electron chi connectivity index (χ4n) is 2.40. The van der Waals surface area contributed by atoms with Crippen LogP contribution >= 0.6 is 11.3 Å². The molecule has 3 heteroatoms. The predicted molar refractivity (Wildman–Crippen MR) is 79.1 cm³/mol. The van der Waals surface area contributed by atoms with Crippen LogP contribution < -0.4 is 5.32 Å². The second-order valence-corrected chi connectivity index (χ2v) is 5.38. The van der Waals surface area contributed by atoms with Gasteiger partial charge in [0, 0.05) is 4.70 Å². The average molecular weight is 271 g/mol. The van der Waals surface area contributed by atoms with Gasteiger partial charge in [0.25, 0.3) is 0 Å². The molecule has 0 aliphatic carbocycles. The first-order chi connectivity index (χ1) is 9.29. The fourth-order valence-corrected chi connectivity index (χ4v) is 3.35. The molecule has 1 N–H and O–H groups in total. The van der Waals surface area contributed by atoms with Crippen molar-refractivity contribution >= 4 is 21.4 Å². The highest BCUT2D eigenvalue weighted by Gasteiger charge is 2.15. The summed E-state index contributed by atoms with van der Waals surface area (Å²) < 4.78 is 14.3. The second kappa shape index (κ2) is 5.11. The molecule has 96 valence electrons. The second-order valence-electron chi connectivity index (χ2n) is 4.46. The molecule has 2 aromatic carbocycles. The molecule has 1 unspecified atom stereocenters. The lowest BCUT2D eigenvalue weighted by Crippen LogP contribution is -2.17. The van der Waals surface area contributed by atoms with Crippen molar-refractivity contribution in [2.75, 3.05) is 7.05 Å². The van der Waals surface area contributed by atoms with Crippen LogP contribution in [0.15, 0.2) is 53.9 Å². The molecule has 1 atom stereocenters. The third-order valence-corrected chi connectivity index (χ3v) is 4.29. The van der Waals surface area contributed by atoms with Crippen LogP contribution in [0.25, 0.3) is 10.1 Å². The molecule has 19 heavy (non-hydrogen) atoms. The van der Waals surface area contributed by atoms with Gasteiger partial charge in [-0.05, 0) is 47.1 Å². The molecular weight excluding hydrogens is 257 g/mol. The van der Waals surface area contributed by atoms with E-state index in [9.17, 15) is 4.39 Å². The zero-order valence-corrected chi connectivity index (χ0v) is 11.4. The van der Waals surface area contributed by atoms with Gasteiger partial charge in [-0.25, -0.2) is 4.39 Å². The van der Waals surface area contributed by atoms with Crippen LogP contribution in [-0.4, -0.2) is 7.05 Å². The first kappa shape index (κ1) is 12.3. The first-order valence-corrected chi connectivity index (χ1v) is 7.06. The summed E-state index contributed by atoms with van der Waals surface area (Å²) in [6, 6.07) is 15.2. The molecule has 0 aliphatic heterocycles. The Balaban J connectivity index is 2.11. The van der Waals surface area contributed by atoms with Crippen molar-refractivity contribution in [2.45, 2.75) is 6.04 Å². The standard InChI is InChI=1S/C16H14FNS/c1-18-15(11-5-7-13(17)8-6-11)14-4-2-3-12-9-10-19-16(12)14/h2-10,15,18H,1H3. The predicted octanol–water partition coefficient (Wildman–Crippen LogP) is 4.35. The lowest BCUT2D eigenvalue weighted by molar-refractivity contribution is 0.623. The van der Waals surface area contributed by atoms with Crippen molar-refractivity contribution in [3.8, 4) is 0 Å². The molecule has 0 bridgehead atoms. The molecule has 0 saturated heterocycles. The lowest BCUT2D eigenvalue weighted by atomic mass is 9.98. The van der Waals surface area contributed by atoms with Gasteiger partial charge in [-0.2, -0.15) is 0 Å². The third-order valence-electron chi connectivity index (χ3n) is 3.31. The van der Waals surface area contributed by atoms with Crippen LogP contribution in [0.1, 0.15) is 17.2 Å². The highest BCUT2D eigenvalue weighted by Crippen LogP contribution is 2.32. The summed E-state index contributed by atoms with van der Waals surface area (Å²) in [5.74, 6) is -0.201. The Morgan fingerprint density at radius 2 is 1.84 bits per heavy atom. The summed E-state index contributed by atoms with van der Waals surface area (Å²) in [6.07, 6.45) is 0. The minimum absolute atomic E-state index is 0.0861. The van der Waals surface area contributed by atoms with Gasteiger partial charge >= 0.3 is 0 Å². The zero-order valence-electron chi connectivity index (χ0n) is 10.6. The van der Waals surface area contributed by atoms with E-state index >= 15 is 0 Å². The number of thiophene rings is 1.